The van der Waals surface area contributed by atoms with Gasteiger partial charge >= 0.3 is 12.1 Å². The topological polar surface area (TPSA) is 79.3 Å². The lowest BCUT2D eigenvalue weighted by molar-refractivity contribution is -0.213. The number of benzene rings is 1. The van der Waals surface area contributed by atoms with Crippen LogP contribution in [0.2, 0.25) is 0 Å². The molecule has 0 fully saturated rings. The average Bonchev–Trinajstić information content (AvgIpc) is 3.02. The van der Waals surface area contributed by atoms with Gasteiger partial charge in [0.2, 0.25) is 5.91 Å². The molecule has 2 aromatic rings. The quantitative estimate of drug-likeness (QED) is 0.783. The zero-order chi connectivity index (χ0) is 19.5. The lowest BCUT2D eigenvalue weighted by Gasteiger charge is -2.26. The molecule has 0 saturated heterocycles. The minimum absolute atomic E-state index is 0.0573. The fraction of sp³-hybridized carbons (Fsp3) is 0.353. The maximum atomic E-state index is 12.8. The third kappa shape index (κ3) is 4.81. The van der Waals surface area contributed by atoms with Gasteiger partial charge in [-0.15, -0.1) is 11.3 Å². The van der Waals surface area contributed by atoms with E-state index in [1.54, 1.807) is 24.3 Å². The highest BCUT2D eigenvalue weighted by atomic mass is 32.1. The van der Waals surface area contributed by atoms with Gasteiger partial charge in [0.1, 0.15) is 5.01 Å². The Morgan fingerprint density at radius 1 is 1.27 bits per heavy atom. The van der Waals surface area contributed by atoms with Gasteiger partial charge in [0.15, 0.2) is 5.69 Å². The van der Waals surface area contributed by atoms with Crippen LogP contribution in [-0.2, 0) is 11.3 Å². The molecular formula is C17H17F3N2O3S. The Hall–Kier alpha value is -2.42. The zero-order valence-electron chi connectivity index (χ0n) is 14.1. The maximum Gasteiger partial charge on any atom is 0.394 e. The lowest BCUT2D eigenvalue weighted by atomic mass is 9.88. The lowest BCUT2D eigenvalue weighted by Crippen LogP contribution is -2.37. The van der Waals surface area contributed by atoms with E-state index >= 15 is 0 Å². The van der Waals surface area contributed by atoms with Crippen molar-refractivity contribution in [2.45, 2.75) is 33.0 Å². The molecule has 2 rings (SSSR count). The summed E-state index contributed by atoms with van der Waals surface area (Å²) in [6.07, 6.45) is -5.12. The van der Waals surface area contributed by atoms with Crippen LogP contribution in [0.1, 0.15) is 36.3 Å². The molecule has 0 bridgehead atoms. The van der Waals surface area contributed by atoms with Crippen molar-refractivity contribution in [3.8, 4) is 10.6 Å². The summed E-state index contributed by atoms with van der Waals surface area (Å²) in [5.41, 5.74) is -0.816. The van der Waals surface area contributed by atoms with Crippen LogP contribution in [-0.4, -0.2) is 28.1 Å². The van der Waals surface area contributed by atoms with E-state index < -0.39 is 29.9 Å². The molecule has 0 spiro atoms. The van der Waals surface area contributed by atoms with E-state index in [-0.39, 0.29) is 12.2 Å². The Balaban J connectivity index is 2.02. The molecule has 0 aliphatic rings. The van der Waals surface area contributed by atoms with E-state index in [1.165, 1.54) is 16.7 Å². The zero-order valence-corrected chi connectivity index (χ0v) is 14.9. The molecule has 140 valence electrons. The number of amides is 1. The first-order valence-electron chi connectivity index (χ1n) is 7.61. The monoisotopic (exact) mass is 386 g/mol. The molecule has 1 amide bonds. The number of carboxylic acids is 1. The number of hydrogen-bond donors (Lipinski definition) is 2. The smallest absolute Gasteiger partial charge is 0.394 e. The van der Waals surface area contributed by atoms with Crippen LogP contribution in [0.4, 0.5) is 13.2 Å². The van der Waals surface area contributed by atoms with Crippen LogP contribution in [0.15, 0.2) is 29.6 Å². The Kier molecular flexibility index (Phi) is 5.70. The Bertz CT molecular complexity index is 816. The fourth-order valence-corrected chi connectivity index (χ4v) is 2.87. The number of alkyl halides is 3. The Morgan fingerprint density at radius 2 is 1.96 bits per heavy atom. The predicted molar refractivity (Wildman–Crippen MR) is 90.8 cm³/mol. The van der Waals surface area contributed by atoms with Crippen molar-refractivity contribution in [3.05, 3.63) is 40.9 Å². The standard InChI is InChI=1S/C17H17F3N2O3S/c1-16(2,17(18,19)20)7-13(23)21-8-10-4-3-5-11(6-10)14-22-12(9-26-14)15(24)25/h3-6,9H,7-8H2,1-2H3,(H,21,23)(H,24,25). The summed E-state index contributed by atoms with van der Waals surface area (Å²) in [5, 5.41) is 13.3. The summed E-state index contributed by atoms with van der Waals surface area (Å²) < 4.78 is 38.5. The molecule has 9 heteroatoms. The summed E-state index contributed by atoms with van der Waals surface area (Å²) in [7, 11) is 0. The van der Waals surface area contributed by atoms with Crippen molar-refractivity contribution in [2.24, 2.45) is 5.41 Å². The molecule has 1 heterocycles. The van der Waals surface area contributed by atoms with Crippen LogP contribution in [0, 0.1) is 5.41 Å². The van der Waals surface area contributed by atoms with E-state index in [0.29, 0.717) is 16.1 Å². The van der Waals surface area contributed by atoms with Crippen LogP contribution < -0.4 is 5.32 Å². The highest BCUT2D eigenvalue weighted by Crippen LogP contribution is 2.40. The Labute approximate surface area is 151 Å². The highest BCUT2D eigenvalue weighted by Gasteiger charge is 2.48. The summed E-state index contributed by atoms with van der Waals surface area (Å²) in [4.78, 5) is 26.7. The summed E-state index contributed by atoms with van der Waals surface area (Å²) >= 11 is 1.17. The molecule has 1 aromatic heterocycles. The molecule has 0 aliphatic carbocycles. The van der Waals surface area contributed by atoms with E-state index in [0.717, 1.165) is 13.8 Å². The minimum Gasteiger partial charge on any atom is -0.476 e. The largest absolute Gasteiger partial charge is 0.476 e. The van der Waals surface area contributed by atoms with Gasteiger partial charge < -0.3 is 10.4 Å². The van der Waals surface area contributed by atoms with Crippen molar-refractivity contribution in [3.63, 3.8) is 0 Å². The molecule has 0 atom stereocenters. The number of aromatic nitrogens is 1. The van der Waals surface area contributed by atoms with Gasteiger partial charge in [-0.25, -0.2) is 9.78 Å². The number of nitrogens with zero attached hydrogens (tertiary/aromatic N) is 1. The van der Waals surface area contributed by atoms with E-state index in [9.17, 15) is 22.8 Å². The van der Waals surface area contributed by atoms with E-state index in [2.05, 4.69) is 10.3 Å². The molecule has 0 radical (unpaired) electrons. The van der Waals surface area contributed by atoms with Crippen LogP contribution in [0.25, 0.3) is 10.6 Å². The molecule has 26 heavy (non-hydrogen) atoms. The third-order valence-electron chi connectivity index (χ3n) is 3.76. The molecule has 2 N–H and O–H groups in total. The van der Waals surface area contributed by atoms with Crippen molar-refractivity contribution in [1.82, 2.24) is 10.3 Å². The fourth-order valence-electron chi connectivity index (χ4n) is 2.08. The number of halogens is 3. The first kappa shape index (κ1) is 19.9. The predicted octanol–water partition coefficient (Wildman–Crippen LogP) is 4.10. The highest BCUT2D eigenvalue weighted by molar-refractivity contribution is 7.13. The average molecular weight is 386 g/mol. The summed E-state index contributed by atoms with van der Waals surface area (Å²) in [6.45, 7) is 2.03. The number of aromatic carboxylic acids is 1. The van der Waals surface area contributed by atoms with Crippen LogP contribution in [0.5, 0.6) is 0 Å². The molecule has 0 saturated carbocycles. The third-order valence-corrected chi connectivity index (χ3v) is 4.65. The molecular weight excluding hydrogens is 369 g/mol. The Morgan fingerprint density at radius 3 is 2.54 bits per heavy atom. The summed E-state index contributed by atoms with van der Waals surface area (Å²) in [6, 6.07) is 6.87. The number of carbonyl (C=O) groups excluding carboxylic acids is 1. The van der Waals surface area contributed by atoms with Gasteiger partial charge in [0, 0.05) is 23.9 Å². The van der Waals surface area contributed by atoms with Gasteiger partial charge in [-0.2, -0.15) is 13.2 Å². The number of rotatable bonds is 6. The van der Waals surface area contributed by atoms with Gasteiger partial charge in [-0.1, -0.05) is 32.0 Å². The van der Waals surface area contributed by atoms with Gasteiger partial charge in [-0.3, -0.25) is 4.79 Å². The van der Waals surface area contributed by atoms with Gasteiger partial charge in [0.25, 0.3) is 0 Å². The van der Waals surface area contributed by atoms with Crippen molar-refractivity contribution in [1.29, 1.82) is 0 Å². The first-order valence-corrected chi connectivity index (χ1v) is 8.49. The van der Waals surface area contributed by atoms with Crippen LogP contribution in [0.3, 0.4) is 0 Å². The number of hydrogen-bond acceptors (Lipinski definition) is 4. The second-order valence-electron chi connectivity index (χ2n) is 6.38. The molecule has 5 nitrogen and oxygen atoms in total. The number of nitrogens with one attached hydrogen (secondary N) is 1. The normalized spacial score (nSPS) is 12.0. The SMILES string of the molecule is CC(C)(CC(=O)NCc1cccc(-c2nc(C(=O)O)cs2)c1)C(F)(F)F. The van der Waals surface area contributed by atoms with Crippen molar-refractivity contribution < 1.29 is 27.9 Å². The van der Waals surface area contributed by atoms with E-state index in [1.807, 2.05) is 0 Å². The molecule has 1 aromatic carbocycles. The molecule has 0 unspecified atom stereocenters. The maximum absolute atomic E-state index is 12.8. The van der Waals surface area contributed by atoms with Crippen LogP contribution >= 0.6 is 11.3 Å². The minimum atomic E-state index is -4.46. The van der Waals surface area contributed by atoms with Gasteiger partial charge in [0.05, 0.1) is 5.41 Å². The number of carboxylic acid groups (broad SMARTS) is 1. The van der Waals surface area contributed by atoms with E-state index in [4.69, 9.17) is 5.11 Å². The molecule has 0 aliphatic heterocycles. The second-order valence-corrected chi connectivity index (χ2v) is 7.24. The van der Waals surface area contributed by atoms with Crippen molar-refractivity contribution >= 4 is 23.2 Å². The summed E-state index contributed by atoms with van der Waals surface area (Å²) in [5.74, 6) is -1.82. The first-order chi connectivity index (χ1) is 12.0. The second kappa shape index (κ2) is 7.45. The van der Waals surface area contributed by atoms with Gasteiger partial charge in [-0.05, 0) is 11.6 Å². The van der Waals surface area contributed by atoms with Crippen molar-refractivity contribution in [2.75, 3.05) is 0 Å². The number of carbonyl (C=O) groups is 2. The number of thiazole rings is 1.